The molecule has 1 aliphatic rings. The Morgan fingerprint density at radius 1 is 0.286 bits per heavy atom. The monoisotopic (exact) mass is 716 g/mol. The van der Waals surface area contributed by atoms with E-state index < -0.39 is 0 Å². The van der Waals surface area contributed by atoms with Crippen LogP contribution in [0, 0.1) is 0 Å². The van der Waals surface area contributed by atoms with Crippen LogP contribution < -0.4 is 4.90 Å². The summed E-state index contributed by atoms with van der Waals surface area (Å²) in [6, 6.07) is 72.7. The SMILES string of the molecule is c1ccc(-c2cccc(N(c3ccccc3)c3cccc(-c4ccc5c(c4)-c4ccc(-c6nc(-c7ccccc7)nc(-c7ccccc7)n6)cc4C5)c3)c2)cc1. The van der Waals surface area contributed by atoms with Crippen LogP contribution in [0.2, 0.25) is 0 Å². The van der Waals surface area contributed by atoms with E-state index in [-0.39, 0.29) is 0 Å². The van der Waals surface area contributed by atoms with Gasteiger partial charge < -0.3 is 4.90 Å². The lowest BCUT2D eigenvalue weighted by molar-refractivity contribution is 1.07. The van der Waals surface area contributed by atoms with E-state index in [1.165, 1.54) is 44.5 Å². The van der Waals surface area contributed by atoms with E-state index in [4.69, 9.17) is 15.0 Å². The smallest absolute Gasteiger partial charge is 0.164 e. The van der Waals surface area contributed by atoms with Crippen LogP contribution >= 0.6 is 0 Å². The number of nitrogens with zero attached hydrogens (tertiary/aromatic N) is 4. The molecule has 4 nitrogen and oxygen atoms in total. The van der Waals surface area contributed by atoms with Gasteiger partial charge in [-0.3, -0.25) is 0 Å². The van der Waals surface area contributed by atoms with Crippen molar-refractivity contribution in [3.8, 4) is 67.5 Å². The lowest BCUT2D eigenvalue weighted by Gasteiger charge is -2.26. The highest BCUT2D eigenvalue weighted by molar-refractivity contribution is 5.86. The van der Waals surface area contributed by atoms with Gasteiger partial charge in [0.25, 0.3) is 0 Å². The molecule has 56 heavy (non-hydrogen) atoms. The van der Waals surface area contributed by atoms with Gasteiger partial charge in [-0.05, 0) is 99.5 Å². The molecule has 10 rings (SSSR count). The lowest BCUT2D eigenvalue weighted by atomic mass is 9.97. The van der Waals surface area contributed by atoms with Crippen LogP contribution in [-0.4, -0.2) is 15.0 Å². The largest absolute Gasteiger partial charge is 0.310 e. The predicted octanol–water partition coefficient (Wildman–Crippen LogP) is 13.2. The Morgan fingerprint density at radius 3 is 1.32 bits per heavy atom. The van der Waals surface area contributed by atoms with Crippen LogP contribution in [0.1, 0.15) is 11.1 Å². The minimum absolute atomic E-state index is 0.667. The maximum Gasteiger partial charge on any atom is 0.164 e. The van der Waals surface area contributed by atoms with Gasteiger partial charge in [-0.1, -0.05) is 158 Å². The van der Waals surface area contributed by atoms with Crippen LogP contribution in [0.4, 0.5) is 17.1 Å². The van der Waals surface area contributed by atoms with Crippen molar-refractivity contribution in [2.45, 2.75) is 6.42 Å². The number of hydrogen-bond donors (Lipinski definition) is 0. The molecular weight excluding hydrogens is 681 g/mol. The molecule has 0 atom stereocenters. The Morgan fingerprint density at radius 2 is 0.732 bits per heavy atom. The second-order valence-electron chi connectivity index (χ2n) is 14.1. The fourth-order valence-electron chi connectivity index (χ4n) is 7.75. The van der Waals surface area contributed by atoms with Gasteiger partial charge in [-0.25, -0.2) is 15.0 Å². The zero-order valence-electron chi connectivity index (χ0n) is 30.6. The molecule has 1 aliphatic carbocycles. The average Bonchev–Trinajstić information content (AvgIpc) is 3.65. The average molecular weight is 717 g/mol. The number of fused-ring (bicyclic) bond motifs is 3. The summed E-state index contributed by atoms with van der Waals surface area (Å²) in [6.07, 6.45) is 0.862. The second-order valence-corrected chi connectivity index (χ2v) is 14.1. The molecule has 0 saturated carbocycles. The fraction of sp³-hybridized carbons (Fsp3) is 0.0192. The highest BCUT2D eigenvalue weighted by Crippen LogP contribution is 2.42. The minimum atomic E-state index is 0.667. The Kier molecular flexibility index (Phi) is 8.54. The Bertz CT molecular complexity index is 2760. The summed E-state index contributed by atoms with van der Waals surface area (Å²) in [5.74, 6) is 2.01. The van der Waals surface area contributed by atoms with Crippen LogP contribution in [0.5, 0.6) is 0 Å². The molecule has 0 saturated heterocycles. The first-order valence-electron chi connectivity index (χ1n) is 19.0. The quantitative estimate of drug-likeness (QED) is 0.157. The van der Waals surface area contributed by atoms with E-state index in [0.29, 0.717) is 17.5 Å². The van der Waals surface area contributed by atoms with Crippen molar-refractivity contribution in [1.29, 1.82) is 0 Å². The molecule has 0 bridgehead atoms. The molecule has 8 aromatic carbocycles. The van der Waals surface area contributed by atoms with Crippen molar-refractivity contribution in [2.75, 3.05) is 4.90 Å². The molecule has 0 amide bonds. The van der Waals surface area contributed by atoms with Crippen LogP contribution in [0.25, 0.3) is 67.5 Å². The topological polar surface area (TPSA) is 41.9 Å². The molecule has 1 aromatic heterocycles. The van der Waals surface area contributed by atoms with Crippen molar-refractivity contribution < 1.29 is 0 Å². The number of rotatable bonds is 8. The normalized spacial score (nSPS) is 11.5. The summed E-state index contributed by atoms with van der Waals surface area (Å²) < 4.78 is 0. The summed E-state index contributed by atoms with van der Waals surface area (Å²) in [4.78, 5) is 17.2. The second kappa shape index (κ2) is 14.4. The Labute approximate surface area is 327 Å². The zero-order valence-corrected chi connectivity index (χ0v) is 30.6. The van der Waals surface area contributed by atoms with Gasteiger partial charge >= 0.3 is 0 Å². The molecular formula is C52H36N4. The Balaban J connectivity index is 1.00. The molecule has 0 aliphatic heterocycles. The molecule has 0 spiro atoms. The molecule has 0 unspecified atom stereocenters. The molecule has 4 heteroatoms. The molecule has 9 aromatic rings. The third kappa shape index (κ3) is 6.44. The summed E-state index contributed by atoms with van der Waals surface area (Å²) >= 11 is 0. The summed E-state index contributed by atoms with van der Waals surface area (Å²) in [5, 5.41) is 0. The number of benzene rings is 8. The van der Waals surface area contributed by atoms with Crippen molar-refractivity contribution >= 4 is 17.1 Å². The van der Waals surface area contributed by atoms with E-state index in [0.717, 1.165) is 40.2 Å². The van der Waals surface area contributed by atoms with E-state index in [1.54, 1.807) is 0 Å². The molecule has 0 radical (unpaired) electrons. The van der Waals surface area contributed by atoms with Gasteiger partial charge in [-0.2, -0.15) is 0 Å². The summed E-state index contributed by atoms with van der Waals surface area (Å²) in [6.45, 7) is 0. The summed E-state index contributed by atoms with van der Waals surface area (Å²) in [5.41, 5.74) is 16.1. The van der Waals surface area contributed by atoms with Gasteiger partial charge in [-0.15, -0.1) is 0 Å². The fourth-order valence-corrected chi connectivity index (χ4v) is 7.75. The van der Waals surface area contributed by atoms with E-state index in [9.17, 15) is 0 Å². The van der Waals surface area contributed by atoms with E-state index >= 15 is 0 Å². The van der Waals surface area contributed by atoms with Crippen molar-refractivity contribution in [2.24, 2.45) is 0 Å². The van der Waals surface area contributed by atoms with Gasteiger partial charge in [0.05, 0.1) is 0 Å². The molecule has 0 N–H and O–H groups in total. The van der Waals surface area contributed by atoms with Crippen molar-refractivity contribution in [1.82, 2.24) is 15.0 Å². The zero-order chi connectivity index (χ0) is 37.3. The van der Waals surface area contributed by atoms with Gasteiger partial charge in [0.1, 0.15) is 0 Å². The molecule has 1 heterocycles. The van der Waals surface area contributed by atoms with Gasteiger partial charge in [0, 0.05) is 33.8 Å². The van der Waals surface area contributed by atoms with Crippen molar-refractivity contribution in [3.63, 3.8) is 0 Å². The number of aromatic nitrogens is 3. The first-order valence-corrected chi connectivity index (χ1v) is 19.0. The number of hydrogen-bond acceptors (Lipinski definition) is 4. The third-order valence-electron chi connectivity index (χ3n) is 10.5. The standard InChI is InChI=1S/C52H36N4/c1-5-15-36(16-6-1)39-21-13-25-46(33-39)56(45-23-11-4-12-24-45)47-26-14-22-40(34-47)41-27-28-42-31-44-32-43(29-30-48(44)49(42)35-41)52-54-50(37-17-7-2-8-18-37)53-51(55-52)38-19-9-3-10-20-38/h1-30,32-35H,31H2. The highest BCUT2D eigenvalue weighted by Gasteiger charge is 2.22. The maximum absolute atomic E-state index is 4.99. The van der Waals surface area contributed by atoms with Crippen molar-refractivity contribution in [3.05, 3.63) is 217 Å². The Hall–Kier alpha value is -7.43. The molecule has 0 fully saturated rings. The molecule has 264 valence electrons. The third-order valence-corrected chi connectivity index (χ3v) is 10.5. The van der Waals surface area contributed by atoms with Crippen LogP contribution in [0.3, 0.4) is 0 Å². The first-order chi connectivity index (χ1) is 27.7. The van der Waals surface area contributed by atoms with Crippen LogP contribution in [0.15, 0.2) is 206 Å². The predicted molar refractivity (Wildman–Crippen MR) is 230 cm³/mol. The van der Waals surface area contributed by atoms with E-state index in [2.05, 4.69) is 150 Å². The maximum atomic E-state index is 4.99. The minimum Gasteiger partial charge on any atom is -0.310 e. The summed E-state index contributed by atoms with van der Waals surface area (Å²) in [7, 11) is 0. The number of anilines is 3. The lowest BCUT2D eigenvalue weighted by Crippen LogP contribution is -2.10. The number of para-hydroxylation sites is 1. The van der Waals surface area contributed by atoms with Gasteiger partial charge in [0.15, 0.2) is 17.5 Å². The highest BCUT2D eigenvalue weighted by atomic mass is 15.1. The van der Waals surface area contributed by atoms with Gasteiger partial charge in [0.2, 0.25) is 0 Å². The van der Waals surface area contributed by atoms with Crippen LogP contribution in [-0.2, 0) is 6.42 Å². The van der Waals surface area contributed by atoms with E-state index in [1.807, 2.05) is 60.7 Å². The first kappa shape index (κ1) is 33.2.